The Bertz CT molecular complexity index is 426. The zero-order valence-corrected chi connectivity index (χ0v) is 11.1. The van der Waals surface area contributed by atoms with Crippen molar-refractivity contribution in [3.8, 4) is 0 Å². The number of sulfonamides is 1. The minimum Gasteiger partial charge on any atom is -0.385 e. The van der Waals surface area contributed by atoms with Crippen molar-refractivity contribution in [2.45, 2.75) is 24.7 Å². The van der Waals surface area contributed by atoms with Crippen molar-refractivity contribution in [2.24, 2.45) is 0 Å². The summed E-state index contributed by atoms with van der Waals surface area (Å²) in [6.45, 7) is 3.03. The Morgan fingerprint density at radius 3 is 2.41 bits per heavy atom. The van der Waals surface area contributed by atoms with Gasteiger partial charge in [0.15, 0.2) is 0 Å². The van der Waals surface area contributed by atoms with Crippen LogP contribution in [0.3, 0.4) is 0 Å². The number of nitrogens with one attached hydrogen (secondary N) is 1. The predicted molar refractivity (Wildman–Crippen MR) is 67.5 cm³/mol. The maximum absolute atomic E-state index is 11.8. The molecule has 0 heterocycles. The highest BCUT2D eigenvalue weighted by Crippen LogP contribution is 2.09. The second-order valence-electron chi connectivity index (χ2n) is 3.91. The molecule has 0 saturated heterocycles. The fourth-order valence-electron chi connectivity index (χ4n) is 1.38. The lowest BCUT2D eigenvalue weighted by Gasteiger charge is -2.06. The number of rotatable bonds is 7. The van der Waals surface area contributed by atoms with Crippen LogP contribution in [0.25, 0.3) is 0 Å². The van der Waals surface area contributed by atoms with Crippen molar-refractivity contribution in [2.75, 3.05) is 20.3 Å². The Morgan fingerprint density at radius 2 is 1.82 bits per heavy atom. The van der Waals surface area contributed by atoms with E-state index in [9.17, 15) is 8.42 Å². The molecule has 0 fully saturated rings. The number of hydrogen-bond acceptors (Lipinski definition) is 3. The Labute approximate surface area is 103 Å². The maximum Gasteiger partial charge on any atom is 0.240 e. The van der Waals surface area contributed by atoms with Crippen LogP contribution in [0.4, 0.5) is 0 Å². The fraction of sp³-hybridized carbons (Fsp3) is 0.500. The quantitative estimate of drug-likeness (QED) is 0.756. The van der Waals surface area contributed by atoms with E-state index < -0.39 is 10.0 Å². The minimum absolute atomic E-state index is 0.315. The first-order valence-electron chi connectivity index (χ1n) is 5.61. The number of methoxy groups -OCH3 is 1. The van der Waals surface area contributed by atoms with Crippen LogP contribution in [0.5, 0.6) is 0 Å². The van der Waals surface area contributed by atoms with E-state index in [-0.39, 0.29) is 0 Å². The second kappa shape index (κ2) is 6.74. The molecule has 0 aliphatic carbocycles. The van der Waals surface area contributed by atoms with Gasteiger partial charge in [0.25, 0.3) is 0 Å². The summed E-state index contributed by atoms with van der Waals surface area (Å²) < 4.78 is 31.1. The first kappa shape index (κ1) is 14.2. The molecule has 0 amide bonds. The van der Waals surface area contributed by atoms with Crippen molar-refractivity contribution in [1.29, 1.82) is 0 Å². The molecule has 1 N–H and O–H groups in total. The van der Waals surface area contributed by atoms with Gasteiger partial charge >= 0.3 is 0 Å². The molecule has 1 rings (SSSR count). The molecular weight excluding hydrogens is 238 g/mol. The summed E-state index contributed by atoms with van der Waals surface area (Å²) in [4.78, 5) is 0.315. The molecule has 0 bridgehead atoms. The van der Waals surface area contributed by atoms with Gasteiger partial charge in [0.05, 0.1) is 4.90 Å². The molecule has 0 atom stereocenters. The molecule has 0 spiro atoms. The summed E-state index contributed by atoms with van der Waals surface area (Å²) in [6.07, 6.45) is 1.63. The van der Waals surface area contributed by atoms with Gasteiger partial charge in [0.2, 0.25) is 10.0 Å². The molecule has 0 aliphatic rings. The van der Waals surface area contributed by atoms with Gasteiger partial charge in [-0.25, -0.2) is 13.1 Å². The molecular formula is C12H19NO3S. The highest BCUT2D eigenvalue weighted by molar-refractivity contribution is 7.89. The third-order valence-corrected chi connectivity index (χ3v) is 3.88. The van der Waals surface area contributed by atoms with Crippen LogP contribution in [-0.4, -0.2) is 28.7 Å². The molecule has 17 heavy (non-hydrogen) atoms. The summed E-state index contributed by atoms with van der Waals surface area (Å²) in [5.74, 6) is 0. The van der Waals surface area contributed by atoms with Gasteiger partial charge in [-0.15, -0.1) is 0 Å². The number of aryl methyl sites for hydroxylation is 1. The monoisotopic (exact) mass is 257 g/mol. The van der Waals surface area contributed by atoms with Gasteiger partial charge in [0, 0.05) is 20.3 Å². The van der Waals surface area contributed by atoms with Crippen LogP contribution in [-0.2, 0) is 14.8 Å². The number of ether oxygens (including phenoxy) is 1. The van der Waals surface area contributed by atoms with Crippen molar-refractivity contribution in [1.82, 2.24) is 4.72 Å². The Kier molecular flexibility index (Phi) is 5.61. The van der Waals surface area contributed by atoms with Crippen molar-refractivity contribution < 1.29 is 13.2 Å². The Hall–Kier alpha value is -0.910. The molecule has 1 aromatic carbocycles. The van der Waals surface area contributed by atoms with E-state index in [0.29, 0.717) is 18.0 Å². The van der Waals surface area contributed by atoms with E-state index >= 15 is 0 Å². The van der Waals surface area contributed by atoms with Gasteiger partial charge in [-0.1, -0.05) is 17.7 Å². The highest BCUT2D eigenvalue weighted by atomic mass is 32.2. The average molecular weight is 257 g/mol. The summed E-state index contributed by atoms with van der Waals surface area (Å²) in [5, 5.41) is 0. The molecule has 0 unspecified atom stereocenters. The molecule has 96 valence electrons. The van der Waals surface area contributed by atoms with E-state index in [1.54, 1.807) is 31.4 Å². The molecule has 0 saturated carbocycles. The number of hydrogen-bond donors (Lipinski definition) is 1. The molecule has 0 radical (unpaired) electrons. The largest absolute Gasteiger partial charge is 0.385 e. The smallest absolute Gasteiger partial charge is 0.240 e. The van der Waals surface area contributed by atoms with Crippen LogP contribution >= 0.6 is 0 Å². The maximum atomic E-state index is 11.8. The Balaban J connectivity index is 2.48. The summed E-state index contributed by atoms with van der Waals surface area (Å²) >= 11 is 0. The summed E-state index contributed by atoms with van der Waals surface area (Å²) in [6, 6.07) is 6.82. The van der Waals surface area contributed by atoms with Gasteiger partial charge in [-0.2, -0.15) is 0 Å². The van der Waals surface area contributed by atoms with Crippen LogP contribution in [0.2, 0.25) is 0 Å². The summed E-state index contributed by atoms with van der Waals surface area (Å²) in [5.41, 5.74) is 1.05. The lowest BCUT2D eigenvalue weighted by molar-refractivity contribution is 0.193. The van der Waals surface area contributed by atoms with Gasteiger partial charge in [-0.3, -0.25) is 0 Å². The van der Waals surface area contributed by atoms with E-state index in [1.807, 2.05) is 6.92 Å². The van der Waals surface area contributed by atoms with Gasteiger partial charge in [0.1, 0.15) is 0 Å². The third-order valence-electron chi connectivity index (χ3n) is 2.40. The minimum atomic E-state index is -3.36. The lowest BCUT2D eigenvalue weighted by atomic mass is 10.2. The molecule has 4 nitrogen and oxygen atoms in total. The van der Waals surface area contributed by atoms with Crippen molar-refractivity contribution in [3.05, 3.63) is 29.8 Å². The van der Waals surface area contributed by atoms with E-state index in [1.165, 1.54) is 0 Å². The first-order valence-corrected chi connectivity index (χ1v) is 7.10. The molecule has 0 aliphatic heterocycles. The van der Waals surface area contributed by atoms with Crippen LogP contribution in [0, 0.1) is 6.92 Å². The normalized spacial score (nSPS) is 11.6. The van der Waals surface area contributed by atoms with Gasteiger partial charge in [-0.05, 0) is 31.9 Å². The molecule has 0 aromatic heterocycles. The highest BCUT2D eigenvalue weighted by Gasteiger charge is 2.12. The Morgan fingerprint density at radius 1 is 1.18 bits per heavy atom. The molecule has 5 heteroatoms. The lowest BCUT2D eigenvalue weighted by Crippen LogP contribution is -2.24. The van der Waals surface area contributed by atoms with Crippen LogP contribution in [0.15, 0.2) is 29.2 Å². The third kappa shape index (κ3) is 4.85. The molecule has 1 aromatic rings. The second-order valence-corrected chi connectivity index (χ2v) is 5.68. The summed E-state index contributed by atoms with van der Waals surface area (Å²) in [7, 11) is -1.72. The van der Waals surface area contributed by atoms with Crippen LogP contribution < -0.4 is 4.72 Å². The van der Waals surface area contributed by atoms with E-state index in [4.69, 9.17) is 4.74 Å². The van der Waals surface area contributed by atoms with Crippen molar-refractivity contribution >= 4 is 10.0 Å². The van der Waals surface area contributed by atoms with E-state index in [0.717, 1.165) is 18.4 Å². The number of unbranched alkanes of at least 4 members (excludes halogenated alkanes) is 1. The van der Waals surface area contributed by atoms with E-state index in [2.05, 4.69) is 4.72 Å². The predicted octanol–water partition coefficient (Wildman–Crippen LogP) is 1.70. The zero-order valence-electron chi connectivity index (χ0n) is 10.3. The van der Waals surface area contributed by atoms with Crippen LogP contribution in [0.1, 0.15) is 18.4 Å². The zero-order chi connectivity index (χ0) is 12.7. The fourth-order valence-corrected chi connectivity index (χ4v) is 2.45. The standard InChI is InChI=1S/C12H19NO3S/c1-11-5-7-12(8-6-11)17(14,15)13-9-3-4-10-16-2/h5-8,13H,3-4,9-10H2,1-2H3. The average Bonchev–Trinajstić information content (AvgIpc) is 2.29. The first-order chi connectivity index (χ1) is 8.06. The number of benzene rings is 1. The van der Waals surface area contributed by atoms with Crippen molar-refractivity contribution in [3.63, 3.8) is 0 Å². The topological polar surface area (TPSA) is 55.4 Å². The van der Waals surface area contributed by atoms with Gasteiger partial charge < -0.3 is 4.74 Å². The SMILES string of the molecule is COCCCCNS(=O)(=O)c1ccc(C)cc1.